The van der Waals surface area contributed by atoms with Gasteiger partial charge in [-0.15, -0.1) is 0 Å². The van der Waals surface area contributed by atoms with E-state index in [4.69, 9.17) is 23.2 Å². The van der Waals surface area contributed by atoms with Gasteiger partial charge in [0.05, 0.1) is 10.0 Å². The van der Waals surface area contributed by atoms with Crippen LogP contribution in [-0.2, 0) is 6.54 Å². The predicted molar refractivity (Wildman–Crippen MR) is 78.4 cm³/mol. The van der Waals surface area contributed by atoms with E-state index < -0.39 is 0 Å². The second-order valence-electron chi connectivity index (χ2n) is 5.24. The molecule has 0 N–H and O–H groups in total. The normalized spacial score (nSPS) is 21.5. The first-order valence-corrected chi connectivity index (χ1v) is 7.14. The fourth-order valence-electron chi connectivity index (χ4n) is 2.49. The minimum Gasteiger partial charge on any atom is -0.305 e. The van der Waals surface area contributed by atoms with Gasteiger partial charge in [-0.25, -0.2) is 0 Å². The maximum Gasteiger partial charge on any atom is 0.0595 e. The van der Waals surface area contributed by atoms with Crippen LogP contribution in [0.15, 0.2) is 18.2 Å². The van der Waals surface area contributed by atoms with Gasteiger partial charge in [-0.05, 0) is 51.2 Å². The lowest BCUT2D eigenvalue weighted by molar-refractivity contribution is 0.128. The lowest BCUT2D eigenvalue weighted by Gasteiger charge is -2.36. The summed E-state index contributed by atoms with van der Waals surface area (Å²) in [6, 6.07) is 6.59. The number of halogens is 2. The SMILES string of the molecule is CN(C)C1CCCN(Cc2ccc(Cl)c(Cl)c2)C1. The quantitative estimate of drug-likeness (QED) is 0.839. The summed E-state index contributed by atoms with van der Waals surface area (Å²) < 4.78 is 0. The first kappa shape index (κ1) is 14.1. The molecule has 4 heteroatoms. The molecule has 0 saturated carbocycles. The number of hydrogen-bond acceptors (Lipinski definition) is 2. The highest BCUT2D eigenvalue weighted by atomic mass is 35.5. The summed E-state index contributed by atoms with van der Waals surface area (Å²) in [6.07, 6.45) is 2.56. The molecule has 1 aromatic carbocycles. The van der Waals surface area contributed by atoms with Crippen LogP contribution in [0.2, 0.25) is 10.0 Å². The average molecular weight is 287 g/mol. The summed E-state index contributed by atoms with van der Waals surface area (Å²) in [6.45, 7) is 3.26. The Kier molecular flexibility index (Phi) is 4.91. The van der Waals surface area contributed by atoms with Crippen LogP contribution in [0.4, 0.5) is 0 Å². The first-order chi connectivity index (χ1) is 8.56. The molecule has 1 aromatic rings. The molecular formula is C14H20Cl2N2. The van der Waals surface area contributed by atoms with Crippen LogP contribution in [-0.4, -0.2) is 43.0 Å². The second-order valence-corrected chi connectivity index (χ2v) is 6.06. The Balaban J connectivity index is 1.98. The monoisotopic (exact) mass is 286 g/mol. The van der Waals surface area contributed by atoms with Crippen molar-refractivity contribution in [3.63, 3.8) is 0 Å². The Morgan fingerprint density at radius 2 is 2.06 bits per heavy atom. The van der Waals surface area contributed by atoms with E-state index >= 15 is 0 Å². The molecule has 1 saturated heterocycles. The third-order valence-corrected chi connectivity index (χ3v) is 4.34. The van der Waals surface area contributed by atoms with E-state index in [1.807, 2.05) is 12.1 Å². The molecule has 2 rings (SSSR count). The Bertz CT molecular complexity index is 407. The van der Waals surface area contributed by atoms with Gasteiger partial charge in [0, 0.05) is 19.1 Å². The van der Waals surface area contributed by atoms with Crippen molar-refractivity contribution < 1.29 is 0 Å². The number of hydrogen-bond donors (Lipinski definition) is 0. The van der Waals surface area contributed by atoms with Crippen LogP contribution >= 0.6 is 23.2 Å². The molecule has 0 spiro atoms. The molecule has 100 valence electrons. The van der Waals surface area contributed by atoms with E-state index in [1.54, 1.807) is 0 Å². The minimum absolute atomic E-state index is 0.630. The summed E-state index contributed by atoms with van der Waals surface area (Å²) in [5.41, 5.74) is 1.24. The van der Waals surface area contributed by atoms with Crippen molar-refractivity contribution in [2.75, 3.05) is 27.2 Å². The smallest absolute Gasteiger partial charge is 0.0595 e. The number of likely N-dealkylation sites (tertiary alicyclic amines) is 1. The molecule has 1 unspecified atom stereocenters. The van der Waals surface area contributed by atoms with Crippen LogP contribution in [0.3, 0.4) is 0 Å². The number of rotatable bonds is 3. The van der Waals surface area contributed by atoms with Crippen molar-refractivity contribution in [3.8, 4) is 0 Å². The number of benzene rings is 1. The number of piperidine rings is 1. The van der Waals surface area contributed by atoms with Crippen LogP contribution < -0.4 is 0 Å². The fourth-order valence-corrected chi connectivity index (χ4v) is 2.81. The van der Waals surface area contributed by atoms with Gasteiger partial charge >= 0.3 is 0 Å². The lowest BCUT2D eigenvalue weighted by atomic mass is 10.0. The summed E-state index contributed by atoms with van der Waals surface area (Å²) in [5, 5.41) is 1.28. The van der Waals surface area contributed by atoms with Crippen LogP contribution in [0, 0.1) is 0 Å². The van der Waals surface area contributed by atoms with Crippen LogP contribution in [0.25, 0.3) is 0 Å². The number of likely N-dealkylation sites (N-methyl/N-ethyl adjacent to an activating group) is 1. The van der Waals surface area contributed by atoms with Gasteiger partial charge in [0.1, 0.15) is 0 Å². The lowest BCUT2D eigenvalue weighted by Crippen LogP contribution is -2.44. The number of nitrogens with zero attached hydrogens (tertiary/aromatic N) is 2. The van der Waals surface area contributed by atoms with Gasteiger partial charge < -0.3 is 4.90 Å². The fraction of sp³-hybridized carbons (Fsp3) is 0.571. The van der Waals surface area contributed by atoms with Gasteiger partial charge in [0.25, 0.3) is 0 Å². The average Bonchev–Trinajstić information content (AvgIpc) is 2.34. The van der Waals surface area contributed by atoms with Gasteiger partial charge in [0.15, 0.2) is 0 Å². The van der Waals surface area contributed by atoms with E-state index in [1.165, 1.54) is 24.9 Å². The molecule has 18 heavy (non-hydrogen) atoms. The zero-order chi connectivity index (χ0) is 13.1. The molecule has 0 radical (unpaired) electrons. The van der Waals surface area contributed by atoms with Crippen molar-refractivity contribution in [2.45, 2.75) is 25.4 Å². The maximum atomic E-state index is 6.05. The highest BCUT2D eigenvalue weighted by molar-refractivity contribution is 6.42. The molecule has 1 fully saturated rings. The molecule has 1 aliphatic heterocycles. The standard InChI is InChI=1S/C14H20Cl2N2/c1-17(2)12-4-3-7-18(10-12)9-11-5-6-13(15)14(16)8-11/h5-6,8,12H,3-4,7,9-10H2,1-2H3. The first-order valence-electron chi connectivity index (χ1n) is 6.39. The molecule has 0 amide bonds. The van der Waals surface area contributed by atoms with Crippen molar-refractivity contribution >= 4 is 23.2 Å². The van der Waals surface area contributed by atoms with Gasteiger partial charge in [-0.3, -0.25) is 4.90 Å². The van der Waals surface area contributed by atoms with E-state index in [2.05, 4.69) is 30.0 Å². The van der Waals surface area contributed by atoms with Crippen molar-refractivity contribution in [3.05, 3.63) is 33.8 Å². The maximum absolute atomic E-state index is 6.05. The van der Waals surface area contributed by atoms with Gasteiger partial charge in [-0.2, -0.15) is 0 Å². The predicted octanol–water partition coefficient (Wildman–Crippen LogP) is 3.52. The van der Waals surface area contributed by atoms with E-state index in [0.29, 0.717) is 16.1 Å². The summed E-state index contributed by atoms with van der Waals surface area (Å²) >= 11 is 12.0. The van der Waals surface area contributed by atoms with Crippen molar-refractivity contribution in [1.82, 2.24) is 9.80 Å². The minimum atomic E-state index is 0.630. The Hall–Kier alpha value is -0.280. The molecule has 1 heterocycles. The molecule has 1 atom stereocenters. The zero-order valence-electron chi connectivity index (χ0n) is 11.0. The van der Waals surface area contributed by atoms with E-state index in [9.17, 15) is 0 Å². The Morgan fingerprint density at radius 1 is 1.28 bits per heavy atom. The summed E-state index contributed by atoms with van der Waals surface area (Å²) in [5.74, 6) is 0. The highest BCUT2D eigenvalue weighted by Gasteiger charge is 2.21. The molecule has 0 aliphatic carbocycles. The van der Waals surface area contributed by atoms with Crippen LogP contribution in [0.5, 0.6) is 0 Å². The van der Waals surface area contributed by atoms with Gasteiger partial charge in [-0.1, -0.05) is 29.3 Å². The third-order valence-electron chi connectivity index (χ3n) is 3.60. The third kappa shape index (κ3) is 3.61. The molecular weight excluding hydrogens is 267 g/mol. The van der Waals surface area contributed by atoms with E-state index in [0.717, 1.165) is 13.1 Å². The largest absolute Gasteiger partial charge is 0.305 e. The summed E-state index contributed by atoms with van der Waals surface area (Å²) in [4.78, 5) is 4.81. The Labute approximate surface area is 119 Å². The molecule has 2 nitrogen and oxygen atoms in total. The molecule has 0 aromatic heterocycles. The molecule has 0 bridgehead atoms. The van der Waals surface area contributed by atoms with Crippen LogP contribution in [0.1, 0.15) is 18.4 Å². The molecule has 1 aliphatic rings. The topological polar surface area (TPSA) is 6.48 Å². The van der Waals surface area contributed by atoms with Gasteiger partial charge in [0.2, 0.25) is 0 Å². The zero-order valence-corrected chi connectivity index (χ0v) is 12.5. The van der Waals surface area contributed by atoms with Crippen molar-refractivity contribution in [2.24, 2.45) is 0 Å². The Morgan fingerprint density at radius 3 is 2.72 bits per heavy atom. The van der Waals surface area contributed by atoms with E-state index in [-0.39, 0.29) is 0 Å². The summed E-state index contributed by atoms with van der Waals surface area (Å²) in [7, 11) is 4.32. The van der Waals surface area contributed by atoms with Crippen molar-refractivity contribution in [1.29, 1.82) is 0 Å². The second kappa shape index (κ2) is 6.25. The highest BCUT2D eigenvalue weighted by Crippen LogP contribution is 2.24.